The van der Waals surface area contributed by atoms with Crippen molar-refractivity contribution in [1.29, 1.82) is 0 Å². The van der Waals surface area contributed by atoms with Crippen molar-refractivity contribution in [2.24, 2.45) is 4.99 Å². The highest BCUT2D eigenvalue weighted by molar-refractivity contribution is 6.46. The zero-order valence-electron chi connectivity index (χ0n) is 16.2. The number of carbonyl (C=O) groups excluding carboxylic acids is 2. The Kier molecular flexibility index (Phi) is 5.16. The summed E-state index contributed by atoms with van der Waals surface area (Å²) in [6.07, 6.45) is -4.02. The highest BCUT2D eigenvalue weighted by Gasteiger charge is 2.43. The first-order valence-corrected chi connectivity index (χ1v) is 9.57. The maximum atomic E-state index is 13.5. The van der Waals surface area contributed by atoms with Crippen LogP contribution in [0.5, 0.6) is 0 Å². The van der Waals surface area contributed by atoms with Crippen molar-refractivity contribution in [3.05, 3.63) is 65.5 Å². The number of para-hydroxylation sites is 1. The number of alkyl halides is 3. The number of hydrogen-bond acceptors (Lipinski definition) is 3. The van der Waals surface area contributed by atoms with Gasteiger partial charge in [-0.15, -0.1) is 0 Å². The minimum Gasteiger partial charge on any atom is -0.326 e. The van der Waals surface area contributed by atoms with Gasteiger partial charge in [0.2, 0.25) is 0 Å². The average molecular weight is 434 g/mol. The van der Waals surface area contributed by atoms with Gasteiger partial charge in [-0.1, -0.05) is 24.3 Å². The number of nitrogens with zero attached hydrogens (tertiary/aromatic N) is 2. The number of aliphatic imine (C=N–C) groups is 1. The van der Waals surface area contributed by atoms with Gasteiger partial charge >= 0.3 is 12.2 Å². The van der Waals surface area contributed by atoms with E-state index in [9.17, 15) is 27.2 Å². The van der Waals surface area contributed by atoms with Crippen LogP contribution in [0.15, 0.2) is 53.5 Å². The minimum atomic E-state index is -4.59. The lowest BCUT2D eigenvalue weighted by Gasteiger charge is -2.37. The van der Waals surface area contributed by atoms with Crippen LogP contribution >= 0.6 is 0 Å². The van der Waals surface area contributed by atoms with Crippen molar-refractivity contribution >= 4 is 23.3 Å². The van der Waals surface area contributed by atoms with E-state index >= 15 is 0 Å². The van der Waals surface area contributed by atoms with Crippen molar-refractivity contribution < 1.29 is 27.2 Å². The molecule has 0 bridgehead atoms. The number of carbonyl (C=O) groups is 2. The van der Waals surface area contributed by atoms with Crippen LogP contribution in [0.2, 0.25) is 0 Å². The molecule has 1 spiro atoms. The fourth-order valence-electron chi connectivity index (χ4n) is 3.74. The van der Waals surface area contributed by atoms with Crippen molar-refractivity contribution in [2.75, 3.05) is 18.4 Å². The summed E-state index contributed by atoms with van der Waals surface area (Å²) in [6.45, 7) is 0.362. The first kappa shape index (κ1) is 20.8. The van der Waals surface area contributed by atoms with Gasteiger partial charge in [-0.25, -0.2) is 9.18 Å². The predicted octanol–water partition coefficient (Wildman–Crippen LogP) is 3.79. The first-order chi connectivity index (χ1) is 14.7. The van der Waals surface area contributed by atoms with Crippen LogP contribution in [0.25, 0.3) is 0 Å². The highest BCUT2D eigenvalue weighted by atomic mass is 19.4. The summed E-state index contributed by atoms with van der Waals surface area (Å²) in [5.41, 5.74) is -1.68. The van der Waals surface area contributed by atoms with Crippen LogP contribution in [0.4, 0.5) is 28.0 Å². The molecule has 0 aromatic heterocycles. The van der Waals surface area contributed by atoms with Gasteiger partial charge in [-0.2, -0.15) is 13.2 Å². The molecule has 0 unspecified atom stereocenters. The zero-order valence-corrected chi connectivity index (χ0v) is 16.2. The van der Waals surface area contributed by atoms with E-state index in [4.69, 9.17) is 0 Å². The van der Waals surface area contributed by atoms with Gasteiger partial charge in [-0.05, 0) is 24.3 Å². The molecule has 0 aliphatic carbocycles. The molecule has 2 aliphatic heterocycles. The Hall–Kier alpha value is -3.43. The maximum absolute atomic E-state index is 13.5. The Morgan fingerprint density at radius 3 is 2.48 bits per heavy atom. The Morgan fingerprint density at radius 1 is 1.10 bits per heavy atom. The first-order valence-electron chi connectivity index (χ1n) is 9.57. The number of anilines is 1. The van der Waals surface area contributed by atoms with Gasteiger partial charge in [0, 0.05) is 31.5 Å². The van der Waals surface area contributed by atoms with Gasteiger partial charge < -0.3 is 15.5 Å². The molecule has 2 heterocycles. The zero-order chi connectivity index (χ0) is 22.2. The summed E-state index contributed by atoms with van der Waals surface area (Å²) in [7, 11) is 0. The Bertz CT molecular complexity index is 1060. The molecule has 1 fully saturated rings. The normalized spacial score (nSPS) is 18.0. The van der Waals surface area contributed by atoms with Gasteiger partial charge in [0.05, 0.1) is 11.3 Å². The molecule has 2 aromatic rings. The fourth-order valence-corrected chi connectivity index (χ4v) is 3.74. The van der Waals surface area contributed by atoms with Crippen molar-refractivity contribution in [1.82, 2.24) is 10.2 Å². The van der Waals surface area contributed by atoms with Crippen LogP contribution in [-0.4, -0.2) is 41.3 Å². The molecule has 1 saturated heterocycles. The second kappa shape index (κ2) is 7.68. The highest BCUT2D eigenvalue weighted by Crippen LogP contribution is 2.35. The molecule has 10 heteroatoms. The summed E-state index contributed by atoms with van der Waals surface area (Å²) in [6, 6.07) is 9.64. The molecule has 31 heavy (non-hydrogen) atoms. The number of hydrogen-bond donors (Lipinski definition) is 2. The second-order valence-electron chi connectivity index (χ2n) is 7.42. The fraction of sp³-hybridized carbons (Fsp3) is 0.286. The van der Waals surface area contributed by atoms with E-state index in [-0.39, 0.29) is 37.3 Å². The third kappa shape index (κ3) is 4.23. The monoisotopic (exact) mass is 434 g/mol. The number of benzene rings is 2. The number of halogens is 4. The molecule has 3 amide bonds. The van der Waals surface area contributed by atoms with Gasteiger partial charge in [0.25, 0.3) is 5.91 Å². The molecular formula is C21H18F4N4O2. The average Bonchev–Trinajstić information content (AvgIpc) is 3.04. The van der Waals surface area contributed by atoms with E-state index in [0.29, 0.717) is 5.56 Å². The van der Waals surface area contributed by atoms with E-state index in [1.54, 1.807) is 6.07 Å². The van der Waals surface area contributed by atoms with Crippen molar-refractivity contribution in [2.45, 2.75) is 24.7 Å². The smallest absolute Gasteiger partial charge is 0.326 e. The van der Waals surface area contributed by atoms with E-state index in [0.717, 1.165) is 6.07 Å². The molecule has 0 atom stereocenters. The molecule has 4 rings (SSSR count). The van der Waals surface area contributed by atoms with Crippen LogP contribution in [-0.2, 0) is 11.0 Å². The van der Waals surface area contributed by atoms with E-state index in [1.807, 2.05) is 0 Å². The Balaban J connectivity index is 1.45. The summed E-state index contributed by atoms with van der Waals surface area (Å²) >= 11 is 0. The van der Waals surface area contributed by atoms with E-state index in [2.05, 4.69) is 15.6 Å². The van der Waals surface area contributed by atoms with Crippen LogP contribution in [0.3, 0.4) is 0 Å². The SMILES string of the molecule is O=C1NC2(CCN(C(=O)Nc3ccccc3C(F)(F)F)CC2)N=C1c1cccc(F)c1. The van der Waals surface area contributed by atoms with Crippen LogP contribution in [0, 0.1) is 5.82 Å². The third-order valence-corrected chi connectivity index (χ3v) is 5.34. The van der Waals surface area contributed by atoms with E-state index in [1.165, 1.54) is 41.3 Å². The summed E-state index contributed by atoms with van der Waals surface area (Å²) < 4.78 is 52.9. The topological polar surface area (TPSA) is 73.8 Å². The lowest BCUT2D eigenvalue weighted by Crippen LogP contribution is -2.53. The quantitative estimate of drug-likeness (QED) is 0.706. The van der Waals surface area contributed by atoms with Gasteiger partial charge in [0.1, 0.15) is 17.2 Å². The molecule has 162 valence electrons. The number of rotatable bonds is 2. The largest absolute Gasteiger partial charge is 0.418 e. The lowest BCUT2D eigenvalue weighted by atomic mass is 9.98. The number of likely N-dealkylation sites (tertiary alicyclic amines) is 1. The summed E-state index contributed by atoms with van der Waals surface area (Å²) in [5.74, 6) is -0.915. The Morgan fingerprint density at radius 2 is 1.81 bits per heavy atom. The molecule has 2 aromatic carbocycles. The number of urea groups is 1. The molecule has 0 saturated carbocycles. The maximum Gasteiger partial charge on any atom is 0.418 e. The molecule has 0 radical (unpaired) electrons. The van der Waals surface area contributed by atoms with Gasteiger partial charge in [-0.3, -0.25) is 9.79 Å². The van der Waals surface area contributed by atoms with Crippen LogP contribution < -0.4 is 10.6 Å². The second-order valence-corrected chi connectivity index (χ2v) is 7.42. The number of amides is 3. The van der Waals surface area contributed by atoms with Crippen molar-refractivity contribution in [3.8, 4) is 0 Å². The van der Waals surface area contributed by atoms with E-state index < -0.39 is 35.2 Å². The van der Waals surface area contributed by atoms with Crippen molar-refractivity contribution in [3.63, 3.8) is 0 Å². The molecule has 2 aliphatic rings. The lowest BCUT2D eigenvalue weighted by molar-refractivity contribution is -0.136. The standard InChI is InChI=1S/C21H18F4N4O2/c22-14-5-3-4-13(12-14)17-18(30)28-20(27-17)8-10-29(11-9-20)19(31)26-16-7-2-1-6-15(16)21(23,24)25/h1-7,12H,8-11H2,(H,26,31)(H,28,30). The predicted molar refractivity (Wildman–Crippen MR) is 105 cm³/mol. The Labute approximate surface area is 175 Å². The molecular weight excluding hydrogens is 416 g/mol. The number of nitrogens with one attached hydrogen (secondary N) is 2. The summed E-state index contributed by atoms with van der Waals surface area (Å²) in [4.78, 5) is 30.8. The molecule has 2 N–H and O–H groups in total. The number of piperidine rings is 1. The van der Waals surface area contributed by atoms with Crippen LogP contribution in [0.1, 0.15) is 24.0 Å². The minimum absolute atomic E-state index is 0.122. The third-order valence-electron chi connectivity index (χ3n) is 5.34. The molecule has 6 nitrogen and oxygen atoms in total. The van der Waals surface area contributed by atoms with Gasteiger partial charge in [0.15, 0.2) is 0 Å². The summed E-state index contributed by atoms with van der Waals surface area (Å²) in [5, 5.41) is 5.12.